The molecule has 3 fully saturated rings. The molecule has 144 valence electrons. The molecule has 7 heteroatoms. The molecule has 1 N–H and O–H groups in total. The van der Waals surface area contributed by atoms with Gasteiger partial charge in [0.1, 0.15) is 12.0 Å². The summed E-state index contributed by atoms with van der Waals surface area (Å²) in [6.45, 7) is 5.29. The molecule has 2 saturated heterocycles. The molecule has 1 saturated carbocycles. The number of hydrogen-bond donors (Lipinski definition) is 1. The average Bonchev–Trinajstić information content (AvgIpc) is 3.14. The van der Waals surface area contributed by atoms with Crippen molar-refractivity contribution in [2.75, 3.05) is 46.5 Å². The first-order valence-electron chi connectivity index (χ1n) is 9.50. The minimum Gasteiger partial charge on any atom is -0.467 e. The number of aliphatic hydroxyl groups is 1. The highest BCUT2D eigenvalue weighted by Crippen LogP contribution is 2.50. The smallest absolute Gasteiger partial charge is 0.257 e. The van der Waals surface area contributed by atoms with Crippen molar-refractivity contribution >= 4 is 5.91 Å². The Bertz CT molecular complexity index is 632. The molecule has 0 unspecified atom stereocenters. The van der Waals surface area contributed by atoms with Crippen LogP contribution in [-0.4, -0.2) is 79.5 Å². The summed E-state index contributed by atoms with van der Waals surface area (Å²) in [5.41, 5.74) is 0.449. The highest BCUT2D eigenvalue weighted by atomic mass is 16.5. The monoisotopic (exact) mass is 364 g/mol. The molecule has 4 rings (SSSR count). The van der Waals surface area contributed by atoms with E-state index in [1.807, 2.05) is 11.0 Å². The zero-order chi connectivity index (χ0) is 18.1. The molecule has 1 spiro atoms. The molecule has 1 aliphatic carbocycles. The topological polar surface area (TPSA) is 75.4 Å². The van der Waals surface area contributed by atoms with Gasteiger partial charge in [0.25, 0.3) is 5.91 Å². The fourth-order valence-corrected chi connectivity index (χ4v) is 4.58. The molecule has 26 heavy (non-hydrogen) atoms. The van der Waals surface area contributed by atoms with E-state index in [1.165, 1.54) is 0 Å². The Labute approximate surface area is 153 Å². The fourth-order valence-electron chi connectivity index (χ4n) is 4.58. The van der Waals surface area contributed by atoms with E-state index in [0.29, 0.717) is 31.6 Å². The van der Waals surface area contributed by atoms with Gasteiger partial charge in [-0.15, -0.1) is 0 Å². The molecule has 2 atom stereocenters. The molecule has 3 aliphatic rings. The maximum Gasteiger partial charge on any atom is 0.257 e. The van der Waals surface area contributed by atoms with Gasteiger partial charge in [0.2, 0.25) is 0 Å². The van der Waals surface area contributed by atoms with Crippen LogP contribution in [0, 0.1) is 5.41 Å². The van der Waals surface area contributed by atoms with Crippen LogP contribution in [-0.2, 0) is 16.0 Å². The molecule has 1 aromatic heterocycles. The number of nitrogens with zero attached hydrogens (tertiary/aromatic N) is 2. The summed E-state index contributed by atoms with van der Waals surface area (Å²) in [4.78, 5) is 16.9. The van der Waals surface area contributed by atoms with Gasteiger partial charge < -0.3 is 23.9 Å². The molecule has 2 aliphatic heterocycles. The second-order valence-electron chi connectivity index (χ2n) is 7.69. The van der Waals surface area contributed by atoms with E-state index in [-0.39, 0.29) is 23.5 Å². The molecular formula is C19H28N2O5. The van der Waals surface area contributed by atoms with Crippen molar-refractivity contribution in [1.82, 2.24) is 9.80 Å². The van der Waals surface area contributed by atoms with Crippen LogP contribution in [0.25, 0.3) is 0 Å². The number of aliphatic hydroxyl groups excluding tert-OH is 1. The van der Waals surface area contributed by atoms with E-state index < -0.39 is 0 Å². The normalized spacial score (nSPS) is 28.9. The van der Waals surface area contributed by atoms with Crippen molar-refractivity contribution in [3.63, 3.8) is 0 Å². The standard InChI is InChI=1S/C19H28N2O5/c1-24-17-11-16(22)19(17)2-4-21(5-3-19)18(23)14-10-15(26-13-14)12-20-6-8-25-9-7-20/h10,13,16-17,22H,2-9,11-12H2,1H3/t16-,17+/m0/s1. The Kier molecular flexibility index (Phi) is 5.05. The highest BCUT2D eigenvalue weighted by Gasteiger charge is 2.56. The first-order valence-corrected chi connectivity index (χ1v) is 9.50. The number of furan rings is 1. The van der Waals surface area contributed by atoms with Crippen molar-refractivity contribution in [2.45, 2.75) is 38.0 Å². The number of rotatable bonds is 4. The lowest BCUT2D eigenvalue weighted by Gasteiger charge is -2.56. The molecule has 0 radical (unpaired) electrons. The van der Waals surface area contributed by atoms with Crippen molar-refractivity contribution in [3.05, 3.63) is 23.7 Å². The number of amides is 1. The van der Waals surface area contributed by atoms with Crippen LogP contribution >= 0.6 is 0 Å². The second kappa shape index (κ2) is 7.31. The number of carbonyl (C=O) groups excluding carboxylic acids is 1. The van der Waals surface area contributed by atoms with Crippen LogP contribution < -0.4 is 0 Å². The Morgan fingerprint density at radius 1 is 1.31 bits per heavy atom. The van der Waals surface area contributed by atoms with Gasteiger partial charge in [0.15, 0.2) is 0 Å². The minimum absolute atomic E-state index is 0.0135. The first-order chi connectivity index (χ1) is 12.6. The predicted molar refractivity (Wildman–Crippen MR) is 93.8 cm³/mol. The molecular weight excluding hydrogens is 336 g/mol. The molecule has 1 amide bonds. The van der Waals surface area contributed by atoms with Gasteiger partial charge in [-0.25, -0.2) is 0 Å². The van der Waals surface area contributed by atoms with Crippen molar-refractivity contribution in [2.24, 2.45) is 5.41 Å². The maximum absolute atomic E-state index is 12.8. The number of piperidine rings is 1. The lowest BCUT2D eigenvalue weighted by atomic mass is 9.58. The third kappa shape index (κ3) is 3.17. The largest absolute Gasteiger partial charge is 0.467 e. The molecule has 3 heterocycles. The van der Waals surface area contributed by atoms with E-state index in [4.69, 9.17) is 13.9 Å². The third-order valence-electron chi connectivity index (χ3n) is 6.39. The van der Waals surface area contributed by atoms with Crippen LogP contribution in [0.4, 0.5) is 0 Å². The Morgan fingerprint density at radius 2 is 2.04 bits per heavy atom. The third-order valence-corrected chi connectivity index (χ3v) is 6.39. The van der Waals surface area contributed by atoms with Crippen LogP contribution in [0.1, 0.15) is 35.4 Å². The van der Waals surface area contributed by atoms with E-state index in [0.717, 1.165) is 44.9 Å². The number of carbonyl (C=O) groups is 1. The van der Waals surface area contributed by atoms with Crippen molar-refractivity contribution < 1.29 is 23.8 Å². The maximum atomic E-state index is 12.8. The molecule has 7 nitrogen and oxygen atoms in total. The predicted octanol–water partition coefficient (Wildman–Crippen LogP) is 1.11. The van der Waals surface area contributed by atoms with Gasteiger partial charge in [-0.1, -0.05) is 0 Å². The summed E-state index contributed by atoms with van der Waals surface area (Å²) in [5, 5.41) is 10.2. The van der Waals surface area contributed by atoms with Crippen LogP contribution in [0.2, 0.25) is 0 Å². The summed E-state index contributed by atoms with van der Waals surface area (Å²) in [7, 11) is 1.71. The Morgan fingerprint density at radius 3 is 2.69 bits per heavy atom. The second-order valence-corrected chi connectivity index (χ2v) is 7.69. The lowest BCUT2D eigenvalue weighted by molar-refractivity contribution is -0.199. The van der Waals surface area contributed by atoms with Crippen molar-refractivity contribution in [1.29, 1.82) is 0 Å². The van der Waals surface area contributed by atoms with E-state index in [1.54, 1.807) is 13.4 Å². The number of ether oxygens (including phenoxy) is 2. The number of morpholine rings is 1. The van der Waals surface area contributed by atoms with Gasteiger partial charge in [0.05, 0.1) is 37.5 Å². The summed E-state index contributed by atoms with van der Waals surface area (Å²) >= 11 is 0. The highest BCUT2D eigenvalue weighted by molar-refractivity contribution is 5.94. The summed E-state index contributed by atoms with van der Waals surface area (Å²) in [5.74, 6) is 0.831. The van der Waals surface area contributed by atoms with Crippen LogP contribution in [0.15, 0.2) is 16.7 Å². The van der Waals surface area contributed by atoms with E-state index in [9.17, 15) is 9.90 Å². The van der Waals surface area contributed by atoms with Gasteiger partial charge in [-0.05, 0) is 18.9 Å². The quantitative estimate of drug-likeness (QED) is 0.863. The summed E-state index contributed by atoms with van der Waals surface area (Å²) < 4.78 is 16.5. The average molecular weight is 364 g/mol. The lowest BCUT2D eigenvalue weighted by Crippen LogP contribution is -2.62. The zero-order valence-electron chi connectivity index (χ0n) is 15.4. The number of likely N-dealkylation sites (tertiary alicyclic amines) is 1. The van der Waals surface area contributed by atoms with Gasteiger partial charge in [-0.3, -0.25) is 9.69 Å². The van der Waals surface area contributed by atoms with E-state index in [2.05, 4.69) is 4.90 Å². The van der Waals surface area contributed by atoms with Crippen molar-refractivity contribution in [3.8, 4) is 0 Å². The molecule has 0 bridgehead atoms. The minimum atomic E-state index is -0.307. The van der Waals surface area contributed by atoms with E-state index >= 15 is 0 Å². The Balaban J connectivity index is 1.34. The summed E-state index contributed by atoms with van der Waals surface area (Å²) in [6.07, 6.45) is 3.66. The van der Waals surface area contributed by atoms with Crippen LogP contribution in [0.5, 0.6) is 0 Å². The number of hydrogen-bond acceptors (Lipinski definition) is 6. The van der Waals surface area contributed by atoms with Gasteiger partial charge in [0, 0.05) is 45.1 Å². The van der Waals surface area contributed by atoms with Gasteiger partial charge in [-0.2, -0.15) is 0 Å². The fraction of sp³-hybridized carbons (Fsp3) is 0.737. The molecule has 0 aromatic carbocycles. The summed E-state index contributed by atoms with van der Waals surface area (Å²) in [6, 6.07) is 1.86. The van der Waals surface area contributed by atoms with Crippen LogP contribution in [0.3, 0.4) is 0 Å². The number of methoxy groups -OCH3 is 1. The zero-order valence-corrected chi connectivity index (χ0v) is 15.4. The first kappa shape index (κ1) is 18.0. The SMILES string of the molecule is CO[C@@H]1C[C@H](O)C12CCN(C(=O)c1coc(CN3CCOCC3)c1)CC2. The van der Waals surface area contributed by atoms with Gasteiger partial charge >= 0.3 is 0 Å². The molecule has 1 aromatic rings. The Hall–Kier alpha value is -1.41.